The molecular weight excluding hydrogens is 246 g/mol. The van der Waals surface area contributed by atoms with Gasteiger partial charge in [-0.1, -0.05) is 42.2 Å². The molecule has 1 aromatic rings. The van der Waals surface area contributed by atoms with E-state index in [0.29, 0.717) is 0 Å². The molecule has 0 aliphatic heterocycles. The van der Waals surface area contributed by atoms with E-state index in [1.165, 1.54) is 30.7 Å². The number of rotatable bonds is 7. The second-order valence-electron chi connectivity index (χ2n) is 5.25. The van der Waals surface area contributed by atoms with Crippen LogP contribution in [0.4, 0.5) is 0 Å². The molecule has 0 saturated heterocycles. The topological polar surface area (TPSA) is 20.2 Å². The summed E-state index contributed by atoms with van der Waals surface area (Å²) in [6.07, 6.45) is 1.31. The summed E-state index contributed by atoms with van der Waals surface area (Å²) in [5.41, 5.74) is 0.876. The summed E-state index contributed by atoms with van der Waals surface area (Å²) in [6, 6.07) is 9.62. The summed E-state index contributed by atoms with van der Waals surface area (Å²) in [7, 11) is 0. The summed E-state index contributed by atoms with van der Waals surface area (Å²) in [4.78, 5) is 0. The van der Waals surface area contributed by atoms with Crippen molar-refractivity contribution in [1.82, 2.24) is 0 Å². The number of benzene rings is 1. The molecule has 1 unspecified atom stereocenters. The van der Waals surface area contributed by atoms with Gasteiger partial charge in [-0.05, 0) is 26.3 Å². The van der Waals surface area contributed by atoms with Gasteiger partial charge in [0.05, 0.1) is 26.2 Å². The third-order valence-corrected chi connectivity index (χ3v) is 4.30. The number of hydrogen-bond donors (Lipinski definition) is 1. The predicted octanol–water partition coefficient (Wildman–Crippen LogP) is 3.38. The van der Waals surface area contributed by atoms with E-state index >= 15 is 0 Å². The van der Waals surface area contributed by atoms with Gasteiger partial charge in [0, 0.05) is 12.8 Å². The lowest BCUT2D eigenvalue weighted by Gasteiger charge is -2.35. The van der Waals surface area contributed by atoms with Crippen molar-refractivity contribution in [3.63, 3.8) is 0 Å². The fourth-order valence-electron chi connectivity index (χ4n) is 2.54. The SMILES string of the molecule is CC[N+](CC)(CC)CCCC#CC(O)c1ccccc1. The van der Waals surface area contributed by atoms with E-state index in [1.807, 2.05) is 30.3 Å². The van der Waals surface area contributed by atoms with Gasteiger partial charge in [0.15, 0.2) is 0 Å². The van der Waals surface area contributed by atoms with Crippen molar-refractivity contribution in [3.05, 3.63) is 35.9 Å². The van der Waals surface area contributed by atoms with Crippen molar-refractivity contribution in [2.45, 2.75) is 39.7 Å². The van der Waals surface area contributed by atoms with Crippen molar-refractivity contribution in [3.8, 4) is 11.8 Å². The molecule has 20 heavy (non-hydrogen) atoms. The first-order valence-corrected chi connectivity index (χ1v) is 7.74. The highest BCUT2D eigenvalue weighted by atomic mass is 16.3. The molecule has 1 aromatic carbocycles. The fraction of sp³-hybridized carbons (Fsp3) is 0.556. The molecule has 1 atom stereocenters. The molecule has 2 nitrogen and oxygen atoms in total. The minimum absolute atomic E-state index is 0.654. The largest absolute Gasteiger partial charge is 0.376 e. The number of quaternary nitrogens is 1. The van der Waals surface area contributed by atoms with E-state index in [1.54, 1.807) is 0 Å². The molecule has 1 rings (SSSR count). The van der Waals surface area contributed by atoms with Gasteiger partial charge in [-0.3, -0.25) is 0 Å². The van der Waals surface area contributed by atoms with Gasteiger partial charge in [0.25, 0.3) is 0 Å². The third kappa shape index (κ3) is 5.00. The van der Waals surface area contributed by atoms with Crippen LogP contribution in [0.3, 0.4) is 0 Å². The quantitative estimate of drug-likeness (QED) is 0.459. The molecule has 0 aliphatic rings. The summed E-state index contributed by atoms with van der Waals surface area (Å²) in [6.45, 7) is 11.5. The van der Waals surface area contributed by atoms with Gasteiger partial charge < -0.3 is 9.59 Å². The zero-order valence-electron chi connectivity index (χ0n) is 13.1. The van der Waals surface area contributed by atoms with E-state index in [4.69, 9.17) is 0 Å². The Morgan fingerprint density at radius 3 is 2.20 bits per heavy atom. The Balaban J connectivity index is 2.40. The van der Waals surface area contributed by atoms with Gasteiger partial charge >= 0.3 is 0 Å². The van der Waals surface area contributed by atoms with Gasteiger partial charge in [-0.15, -0.1) is 0 Å². The zero-order chi connectivity index (χ0) is 14.8. The van der Waals surface area contributed by atoms with Crippen molar-refractivity contribution >= 4 is 0 Å². The molecule has 0 aliphatic carbocycles. The van der Waals surface area contributed by atoms with Crippen LogP contribution < -0.4 is 0 Å². The average molecular weight is 274 g/mol. The first-order chi connectivity index (χ1) is 9.67. The molecule has 0 spiro atoms. The standard InChI is InChI=1S/C18H28NO/c1-4-19(5-2,6-3)16-12-8-11-15-18(20)17-13-9-7-10-14-17/h7,9-10,13-14,18,20H,4-6,8,12,16H2,1-3H3/q+1. The fourth-order valence-corrected chi connectivity index (χ4v) is 2.54. The lowest BCUT2D eigenvalue weighted by molar-refractivity contribution is -0.923. The van der Waals surface area contributed by atoms with E-state index in [0.717, 1.165) is 18.4 Å². The minimum atomic E-state index is -0.654. The van der Waals surface area contributed by atoms with E-state index in [-0.39, 0.29) is 0 Å². The highest BCUT2D eigenvalue weighted by molar-refractivity contribution is 5.24. The Morgan fingerprint density at radius 2 is 1.65 bits per heavy atom. The number of unbranched alkanes of at least 4 members (excludes halogenated alkanes) is 1. The lowest BCUT2D eigenvalue weighted by atomic mass is 10.1. The van der Waals surface area contributed by atoms with E-state index < -0.39 is 6.10 Å². The van der Waals surface area contributed by atoms with Crippen LogP contribution >= 0.6 is 0 Å². The lowest BCUT2D eigenvalue weighted by Crippen LogP contribution is -2.48. The third-order valence-electron chi connectivity index (χ3n) is 4.30. The summed E-state index contributed by atoms with van der Waals surface area (Å²) in [5, 5.41) is 9.94. The zero-order valence-corrected chi connectivity index (χ0v) is 13.1. The molecule has 0 saturated carbocycles. The number of aliphatic hydroxyl groups is 1. The minimum Gasteiger partial charge on any atom is -0.376 e. The molecule has 0 aromatic heterocycles. The number of hydrogen-bond acceptors (Lipinski definition) is 1. The first-order valence-electron chi connectivity index (χ1n) is 7.74. The van der Waals surface area contributed by atoms with Crippen LogP contribution in [-0.2, 0) is 0 Å². The molecule has 110 valence electrons. The summed E-state index contributed by atoms with van der Waals surface area (Å²) in [5.74, 6) is 6.06. The van der Waals surface area contributed by atoms with Crippen molar-refractivity contribution in [2.75, 3.05) is 26.2 Å². The Labute approximate surface area is 124 Å². The van der Waals surface area contributed by atoms with Crippen molar-refractivity contribution in [2.24, 2.45) is 0 Å². The first kappa shape index (κ1) is 16.8. The van der Waals surface area contributed by atoms with Crippen LogP contribution in [0, 0.1) is 11.8 Å². The second kappa shape index (κ2) is 8.79. The maximum atomic E-state index is 9.94. The molecule has 0 fully saturated rings. The van der Waals surface area contributed by atoms with Crippen LogP contribution in [0.5, 0.6) is 0 Å². The van der Waals surface area contributed by atoms with Gasteiger partial charge in [-0.2, -0.15) is 0 Å². The normalized spacial score (nSPS) is 12.6. The molecule has 1 N–H and O–H groups in total. The van der Waals surface area contributed by atoms with Crippen molar-refractivity contribution < 1.29 is 9.59 Å². The maximum Gasteiger partial charge on any atom is 0.140 e. The molecule has 0 bridgehead atoms. The highest BCUT2D eigenvalue weighted by Crippen LogP contribution is 2.11. The Morgan fingerprint density at radius 1 is 1.05 bits per heavy atom. The summed E-state index contributed by atoms with van der Waals surface area (Å²) >= 11 is 0. The summed E-state index contributed by atoms with van der Waals surface area (Å²) < 4.78 is 1.17. The van der Waals surface area contributed by atoms with Gasteiger partial charge in [0.2, 0.25) is 0 Å². The molecule has 0 heterocycles. The van der Waals surface area contributed by atoms with Crippen molar-refractivity contribution in [1.29, 1.82) is 0 Å². The van der Waals surface area contributed by atoms with Crippen LogP contribution in [0.15, 0.2) is 30.3 Å². The van der Waals surface area contributed by atoms with Crippen LogP contribution in [0.25, 0.3) is 0 Å². The average Bonchev–Trinajstić information content (AvgIpc) is 2.52. The number of nitrogens with zero attached hydrogens (tertiary/aromatic N) is 1. The predicted molar refractivity (Wildman–Crippen MR) is 85.2 cm³/mol. The van der Waals surface area contributed by atoms with Crippen LogP contribution in [0.2, 0.25) is 0 Å². The van der Waals surface area contributed by atoms with E-state index in [9.17, 15) is 5.11 Å². The van der Waals surface area contributed by atoms with Gasteiger partial charge in [0.1, 0.15) is 6.10 Å². The highest BCUT2D eigenvalue weighted by Gasteiger charge is 2.19. The molecule has 2 heteroatoms. The maximum absolute atomic E-state index is 9.94. The van der Waals surface area contributed by atoms with Crippen LogP contribution in [0.1, 0.15) is 45.3 Å². The van der Waals surface area contributed by atoms with Gasteiger partial charge in [-0.25, -0.2) is 0 Å². The van der Waals surface area contributed by atoms with Crippen LogP contribution in [-0.4, -0.2) is 35.8 Å². The Kier molecular flexibility index (Phi) is 7.36. The Hall–Kier alpha value is -1.30. The monoisotopic (exact) mass is 274 g/mol. The molecule has 0 amide bonds. The molecular formula is C18H28NO+. The smallest absolute Gasteiger partial charge is 0.140 e. The van der Waals surface area contributed by atoms with E-state index in [2.05, 4.69) is 32.6 Å². The molecule has 0 radical (unpaired) electrons. The number of aliphatic hydroxyl groups excluding tert-OH is 1. The Bertz CT molecular complexity index is 417. The second-order valence-corrected chi connectivity index (χ2v) is 5.25.